The molecule has 1 aliphatic rings. The second-order valence-corrected chi connectivity index (χ2v) is 6.98. The average molecular weight is 404 g/mol. The average Bonchev–Trinajstić information content (AvgIpc) is 2.74. The number of nitrogens with zero attached hydrogens (tertiary/aromatic N) is 3. The molecular formula is C21H26ClN3O3. The van der Waals surface area contributed by atoms with E-state index in [0.29, 0.717) is 17.2 Å². The third kappa shape index (κ3) is 5.09. The summed E-state index contributed by atoms with van der Waals surface area (Å²) in [7, 11) is 4.87. The maximum Gasteiger partial charge on any atom is 0.135 e. The van der Waals surface area contributed by atoms with E-state index in [-0.39, 0.29) is 0 Å². The van der Waals surface area contributed by atoms with Crippen LogP contribution >= 0.6 is 11.6 Å². The highest BCUT2D eigenvalue weighted by Gasteiger charge is 2.16. The van der Waals surface area contributed by atoms with Gasteiger partial charge in [-0.05, 0) is 17.7 Å². The van der Waals surface area contributed by atoms with E-state index in [9.17, 15) is 0 Å². The van der Waals surface area contributed by atoms with E-state index in [1.54, 1.807) is 27.5 Å². The molecule has 0 unspecified atom stereocenters. The van der Waals surface area contributed by atoms with Gasteiger partial charge < -0.3 is 14.2 Å². The summed E-state index contributed by atoms with van der Waals surface area (Å²) in [5.74, 6) is 2.02. The minimum Gasteiger partial charge on any atom is -0.496 e. The van der Waals surface area contributed by atoms with Crippen LogP contribution in [0.2, 0.25) is 5.02 Å². The molecule has 0 aliphatic carbocycles. The van der Waals surface area contributed by atoms with Crippen LogP contribution in [0.1, 0.15) is 11.1 Å². The minimum atomic E-state index is 0.668. The Morgan fingerprint density at radius 2 is 1.54 bits per heavy atom. The van der Waals surface area contributed by atoms with Gasteiger partial charge in [0.05, 0.1) is 33.1 Å². The lowest BCUT2D eigenvalue weighted by atomic mass is 10.2. The predicted octanol–water partition coefficient (Wildman–Crippen LogP) is 3.52. The molecule has 1 heterocycles. The lowest BCUT2D eigenvalue weighted by molar-refractivity contribution is 0.131. The number of piperazine rings is 1. The van der Waals surface area contributed by atoms with E-state index in [1.807, 2.05) is 24.3 Å². The zero-order chi connectivity index (χ0) is 19.9. The first-order valence-corrected chi connectivity index (χ1v) is 9.56. The molecule has 0 aromatic heterocycles. The number of ether oxygens (including phenoxy) is 3. The van der Waals surface area contributed by atoms with Crippen LogP contribution < -0.4 is 14.2 Å². The maximum atomic E-state index is 5.96. The van der Waals surface area contributed by atoms with E-state index < -0.39 is 0 Å². The first-order chi connectivity index (χ1) is 13.6. The second-order valence-electron chi connectivity index (χ2n) is 6.55. The van der Waals surface area contributed by atoms with Crippen LogP contribution in [0.3, 0.4) is 0 Å². The number of hydrogen-bond donors (Lipinski definition) is 0. The van der Waals surface area contributed by atoms with Crippen molar-refractivity contribution in [3.05, 3.63) is 52.5 Å². The Balaban J connectivity index is 1.61. The smallest absolute Gasteiger partial charge is 0.135 e. The highest BCUT2D eigenvalue weighted by atomic mass is 35.5. The fraction of sp³-hybridized carbons (Fsp3) is 0.381. The largest absolute Gasteiger partial charge is 0.496 e. The van der Waals surface area contributed by atoms with Crippen LogP contribution in [-0.4, -0.2) is 63.6 Å². The standard InChI is InChI=1S/C21H26ClN3O3/c1-26-18-12-20(27-2)19(21(13-18)28-3)14-23-25-10-8-24(9-11-25)15-16-4-6-17(22)7-5-16/h4-7,12-14H,8-11,15H2,1-3H3/b23-14-. The summed E-state index contributed by atoms with van der Waals surface area (Å²) < 4.78 is 16.2. The van der Waals surface area contributed by atoms with Crippen LogP contribution in [0, 0.1) is 0 Å². The predicted molar refractivity (Wildman–Crippen MR) is 112 cm³/mol. The molecule has 28 heavy (non-hydrogen) atoms. The Morgan fingerprint density at radius 1 is 0.929 bits per heavy atom. The number of hydrogen-bond acceptors (Lipinski definition) is 6. The van der Waals surface area contributed by atoms with Gasteiger partial charge in [-0.15, -0.1) is 0 Å². The van der Waals surface area contributed by atoms with Crippen molar-refractivity contribution >= 4 is 17.8 Å². The summed E-state index contributed by atoms with van der Waals surface area (Å²) in [5.41, 5.74) is 2.07. The molecule has 0 saturated carbocycles. The van der Waals surface area contributed by atoms with Gasteiger partial charge in [-0.1, -0.05) is 23.7 Å². The number of benzene rings is 2. The normalized spacial score (nSPS) is 15.1. The van der Waals surface area contributed by atoms with Gasteiger partial charge in [-0.2, -0.15) is 5.10 Å². The van der Waals surface area contributed by atoms with Crippen molar-refractivity contribution in [3.8, 4) is 17.2 Å². The van der Waals surface area contributed by atoms with Crippen molar-refractivity contribution in [2.24, 2.45) is 5.10 Å². The fourth-order valence-electron chi connectivity index (χ4n) is 3.16. The van der Waals surface area contributed by atoms with E-state index >= 15 is 0 Å². The van der Waals surface area contributed by atoms with Gasteiger partial charge in [0.2, 0.25) is 0 Å². The van der Waals surface area contributed by atoms with Gasteiger partial charge in [-0.25, -0.2) is 0 Å². The summed E-state index contributed by atoms with van der Waals surface area (Å²) in [6.45, 7) is 4.57. The van der Waals surface area contributed by atoms with Gasteiger partial charge in [0.15, 0.2) is 0 Å². The van der Waals surface area contributed by atoms with Crippen LogP contribution in [0.25, 0.3) is 0 Å². The lowest BCUT2D eigenvalue weighted by Gasteiger charge is -2.33. The van der Waals surface area contributed by atoms with Gasteiger partial charge in [0.1, 0.15) is 17.2 Å². The van der Waals surface area contributed by atoms with Gasteiger partial charge in [0.25, 0.3) is 0 Å². The molecule has 150 valence electrons. The molecule has 0 N–H and O–H groups in total. The van der Waals surface area contributed by atoms with Crippen molar-refractivity contribution < 1.29 is 14.2 Å². The van der Waals surface area contributed by atoms with Crippen molar-refractivity contribution in [3.63, 3.8) is 0 Å². The molecule has 0 bridgehead atoms. The van der Waals surface area contributed by atoms with Crippen molar-refractivity contribution in [2.75, 3.05) is 47.5 Å². The molecule has 0 spiro atoms. The van der Waals surface area contributed by atoms with Crippen LogP contribution in [0.4, 0.5) is 0 Å². The summed E-state index contributed by atoms with van der Waals surface area (Å²) in [5, 5.41) is 7.48. The molecule has 0 atom stereocenters. The lowest BCUT2D eigenvalue weighted by Crippen LogP contribution is -2.43. The Morgan fingerprint density at radius 3 is 2.07 bits per heavy atom. The van der Waals surface area contributed by atoms with E-state index in [2.05, 4.69) is 27.1 Å². The summed E-state index contributed by atoms with van der Waals surface area (Å²) in [6, 6.07) is 11.7. The van der Waals surface area contributed by atoms with Gasteiger partial charge >= 0.3 is 0 Å². The van der Waals surface area contributed by atoms with Gasteiger partial charge in [0, 0.05) is 49.9 Å². The molecule has 0 amide bonds. The quantitative estimate of drug-likeness (QED) is 0.662. The number of methoxy groups -OCH3 is 3. The molecule has 0 radical (unpaired) electrons. The van der Waals surface area contributed by atoms with Crippen molar-refractivity contribution in [1.82, 2.24) is 9.91 Å². The van der Waals surface area contributed by atoms with E-state index in [1.165, 1.54) is 5.56 Å². The molecule has 6 nitrogen and oxygen atoms in total. The zero-order valence-corrected chi connectivity index (χ0v) is 17.3. The number of hydrazone groups is 1. The third-order valence-electron chi connectivity index (χ3n) is 4.77. The molecule has 1 saturated heterocycles. The highest BCUT2D eigenvalue weighted by molar-refractivity contribution is 6.30. The highest BCUT2D eigenvalue weighted by Crippen LogP contribution is 2.32. The summed E-state index contributed by atoms with van der Waals surface area (Å²) in [6.07, 6.45) is 1.80. The monoisotopic (exact) mass is 403 g/mol. The molecule has 2 aromatic rings. The van der Waals surface area contributed by atoms with E-state index in [4.69, 9.17) is 25.8 Å². The Bertz CT molecular complexity index is 778. The zero-order valence-electron chi connectivity index (χ0n) is 16.5. The molecule has 1 aliphatic heterocycles. The maximum absolute atomic E-state index is 5.96. The second kappa shape index (κ2) is 9.66. The first-order valence-electron chi connectivity index (χ1n) is 9.18. The van der Waals surface area contributed by atoms with Crippen LogP contribution in [-0.2, 0) is 6.54 Å². The molecule has 7 heteroatoms. The number of halogens is 1. The minimum absolute atomic E-state index is 0.668. The van der Waals surface area contributed by atoms with Crippen LogP contribution in [0.15, 0.2) is 41.5 Å². The van der Waals surface area contributed by atoms with Gasteiger partial charge in [-0.3, -0.25) is 9.91 Å². The summed E-state index contributed by atoms with van der Waals surface area (Å²) >= 11 is 5.96. The number of rotatable bonds is 7. The molecular weight excluding hydrogens is 378 g/mol. The van der Waals surface area contributed by atoms with Crippen molar-refractivity contribution in [2.45, 2.75) is 6.54 Å². The molecule has 1 fully saturated rings. The molecule has 2 aromatic carbocycles. The Labute approximate surface area is 171 Å². The Hall–Kier alpha value is -2.44. The molecule has 3 rings (SSSR count). The third-order valence-corrected chi connectivity index (χ3v) is 5.02. The van der Waals surface area contributed by atoms with Crippen molar-refractivity contribution in [1.29, 1.82) is 0 Å². The summed E-state index contributed by atoms with van der Waals surface area (Å²) in [4.78, 5) is 2.42. The van der Waals surface area contributed by atoms with Crippen LogP contribution in [0.5, 0.6) is 17.2 Å². The first kappa shape index (κ1) is 20.3. The van der Waals surface area contributed by atoms with E-state index in [0.717, 1.165) is 43.3 Å². The Kier molecular flexibility index (Phi) is 7.01. The fourth-order valence-corrected chi connectivity index (χ4v) is 3.28. The SMILES string of the molecule is COc1cc(OC)c(/C=N\N2CCN(Cc3ccc(Cl)cc3)CC2)c(OC)c1. The topological polar surface area (TPSA) is 46.5 Å².